The van der Waals surface area contributed by atoms with Crippen molar-refractivity contribution in [3.05, 3.63) is 28.5 Å². The van der Waals surface area contributed by atoms with Crippen molar-refractivity contribution >= 4 is 15.9 Å². The Labute approximate surface area is 85.2 Å². The van der Waals surface area contributed by atoms with Gasteiger partial charge in [-0.1, -0.05) is 6.07 Å². The van der Waals surface area contributed by atoms with Gasteiger partial charge in [0, 0.05) is 11.8 Å². The first-order valence-corrected chi connectivity index (χ1v) is 4.97. The predicted octanol–water partition coefficient (Wildman–Crippen LogP) is 1.93. The molecule has 4 heteroatoms. The van der Waals surface area contributed by atoms with Crippen LogP contribution in [-0.4, -0.2) is 24.8 Å². The van der Waals surface area contributed by atoms with E-state index in [2.05, 4.69) is 20.9 Å². The quantitative estimate of drug-likeness (QED) is 0.707. The molecule has 1 atom stereocenters. The minimum atomic E-state index is 0.0248. The molecule has 1 aromatic heterocycles. The Balaban J connectivity index is 2.18. The van der Waals surface area contributed by atoms with E-state index in [1.54, 1.807) is 6.20 Å². The number of halogens is 1. The molecule has 0 bridgehead atoms. The van der Waals surface area contributed by atoms with Crippen molar-refractivity contribution in [3.8, 4) is 0 Å². The third-order valence-corrected chi connectivity index (χ3v) is 2.61. The highest BCUT2D eigenvalue weighted by Gasteiger charge is 2.18. The van der Waals surface area contributed by atoms with Gasteiger partial charge < -0.3 is 9.47 Å². The molecule has 2 heterocycles. The van der Waals surface area contributed by atoms with E-state index in [0.717, 1.165) is 10.2 Å². The summed E-state index contributed by atoms with van der Waals surface area (Å²) in [5.74, 6) is 0. The van der Waals surface area contributed by atoms with Crippen molar-refractivity contribution in [2.75, 3.05) is 19.8 Å². The molecule has 1 aliphatic heterocycles. The molecule has 2 rings (SSSR count). The molecule has 70 valence electrons. The Morgan fingerprint density at radius 1 is 1.46 bits per heavy atom. The van der Waals surface area contributed by atoms with Gasteiger partial charge in [-0.2, -0.15) is 0 Å². The summed E-state index contributed by atoms with van der Waals surface area (Å²) in [4.78, 5) is 4.14. The molecule has 0 radical (unpaired) electrons. The Morgan fingerprint density at radius 2 is 2.38 bits per heavy atom. The standard InChI is InChI=1S/C9H10BrNO2/c10-9-7(2-1-3-11-9)8-6-12-4-5-13-8/h1-3,8H,4-6H2. The van der Waals surface area contributed by atoms with Crippen molar-refractivity contribution in [2.45, 2.75) is 6.10 Å². The summed E-state index contributed by atoms with van der Waals surface area (Å²) in [6.07, 6.45) is 1.77. The minimum Gasteiger partial charge on any atom is -0.376 e. The maximum atomic E-state index is 5.55. The number of hydrogen-bond donors (Lipinski definition) is 0. The van der Waals surface area contributed by atoms with Crippen molar-refractivity contribution < 1.29 is 9.47 Å². The summed E-state index contributed by atoms with van der Waals surface area (Å²) < 4.78 is 11.7. The van der Waals surface area contributed by atoms with E-state index in [1.807, 2.05) is 12.1 Å². The van der Waals surface area contributed by atoms with Gasteiger partial charge in [-0.25, -0.2) is 4.98 Å². The number of hydrogen-bond acceptors (Lipinski definition) is 3. The summed E-state index contributed by atoms with van der Waals surface area (Å²) in [5.41, 5.74) is 1.06. The van der Waals surface area contributed by atoms with E-state index in [0.29, 0.717) is 19.8 Å². The summed E-state index contributed by atoms with van der Waals surface area (Å²) >= 11 is 3.39. The molecule has 1 fully saturated rings. The number of rotatable bonds is 1. The van der Waals surface area contributed by atoms with Gasteiger partial charge in [-0.05, 0) is 22.0 Å². The van der Waals surface area contributed by atoms with Crippen LogP contribution in [-0.2, 0) is 9.47 Å². The number of pyridine rings is 1. The van der Waals surface area contributed by atoms with Crippen LogP contribution in [0.4, 0.5) is 0 Å². The molecule has 1 aliphatic rings. The molecule has 0 spiro atoms. The van der Waals surface area contributed by atoms with Gasteiger partial charge in [-0.15, -0.1) is 0 Å². The molecular weight excluding hydrogens is 234 g/mol. The van der Waals surface area contributed by atoms with Gasteiger partial charge in [0.05, 0.1) is 19.8 Å². The minimum absolute atomic E-state index is 0.0248. The van der Waals surface area contributed by atoms with Gasteiger partial charge in [-0.3, -0.25) is 0 Å². The molecule has 3 nitrogen and oxygen atoms in total. The summed E-state index contributed by atoms with van der Waals surface area (Å²) in [6, 6.07) is 3.90. The second-order valence-electron chi connectivity index (χ2n) is 2.82. The molecule has 1 aromatic rings. The van der Waals surface area contributed by atoms with E-state index in [-0.39, 0.29) is 6.10 Å². The summed E-state index contributed by atoms with van der Waals surface area (Å²) in [6.45, 7) is 1.96. The number of ether oxygens (including phenoxy) is 2. The van der Waals surface area contributed by atoms with E-state index < -0.39 is 0 Å². The normalized spacial score (nSPS) is 23.0. The topological polar surface area (TPSA) is 31.4 Å². The molecule has 0 aliphatic carbocycles. The van der Waals surface area contributed by atoms with E-state index in [9.17, 15) is 0 Å². The Kier molecular flexibility index (Phi) is 2.93. The van der Waals surface area contributed by atoms with Crippen molar-refractivity contribution in [3.63, 3.8) is 0 Å². The molecule has 13 heavy (non-hydrogen) atoms. The molecule has 0 N–H and O–H groups in total. The van der Waals surface area contributed by atoms with Crippen LogP contribution in [0.2, 0.25) is 0 Å². The number of nitrogens with zero attached hydrogens (tertiary/aromatic N) is 1. The molecule has 1 unspecified atom stereocenters. The highest BCUT2D eigenvalue weighted by Crippen LogP contribution is 2.25. The fourth-order valence-corrected chi connectivity index (χ4v) is 1.81. The first kappa shape index (κ1) is 9.12. The second-order valence-corrected chi connectivity index (χ2v) is 3.57. The Morgan fingerprint density at radius 3 is 3.08 bits per heavy atom. The maximum Gasteiger partial charge on any atom is 0.111 e. The predicted molar refractivity (Wildman–Crippen MR) is 51.4 cm³/mol. The van der Waals surface area contributed by atoms with Crippen LogP contribution in [0.15, 0.2) is 22.9 Å². The van der Waals surface area contributed by atoms with Gasteiger partial charge in [0.1, 0.15) is 10.7 Å². The molecule has 0 saturated carbocycles. The lowest BCUT2D eigenvalue weighted by Gasteiger charge is -2.23. The summed E-state index contributed by atoms with van der Waals surface area (Å²) in [7, 11) is 0. The zero-order chi connectivity index (χ0) is 9.10. The average Bonchev–Trinajstić information content (AvgIpc) is 2.20. The summed E-state index contributed by atoms with van der Waals surface area (Å²) in [5, 5.41) is 0. The first-order valence-electron chi connectivity index (χ1n) is 4.17. The number of aromatic nitrogens is 1. The highest BCUT2D eigenvalue weighted by molar-refractivity contribution is 9.10. The zero-order valence-corrected chi connectivity index (χ0v) is 8.66. The van der Waals surface area contributed by atoms with Gasteiger partial charge >= 0.3 is 0 Å². The monoisotopic (exact) mass is 243 g/mol. The Hall–Kier alpha value is -0.450. The van der Waals surface area contributed by atoms with Crippen LogP contribution in [0.3, 0.4) is 0 Å². The van der Waals surface area contributed by atoms with Gasteiger partial charge in [0.2, 0.25) is 0 Å². The molecule has 0 aromatic carbocycles. The largest absolute Gasteiger partial charge is 0.376 e. The SMILES string of the molecule is Brc1ncccc1C1COCCO1. The molecular formula is C9H10BrNO2. The zero-order valence-electron chi connectivity index (χ0n) is 7.07. The fourth-order valence-electron chi connectivity index (χ4n) is 1.31. The lowest BCUT2D eigenvalue weighted by molar-refractivity contribution is -0.0905. The smallest absolute Gasteiger partial charge is 0.111 e. The lowest BCUT2D eigenvalue weighted by Crippen LogP contribution is -2.22. The molecule has 1 saturated heterocycles. The van der Waals surface area contributed by atoms with Crippen molar-refractivity contribution in [1.82, 2.24) is 4.98 Å². The van der Waals surface area contributed by atoms with Crippen LogP contribution >= 0.6 is 15.9 Å². The van der Waals surface area contributed by atoms with Gasteiger partial charge in [0.15, 0.2) is 0 Å². The third-order valence-electron chi connectivity index (χ3n) is 1.95. The highest BCUT2D eigenvalue weighted by atomic mass is 79.9. The van der Waals surface area contributed by atoms with E-state index in [1.165, 1.54) is 0 Å². The maximum absolute atomic E-state index is 5.55. The Bertz CT molecular complexity index is 287. The lowest BCUT2D eigenvalue weighted by atomic mass is 10.2. The first-order chi connectivity index (χ1) is 6.38. The van der Waals surface area contributed by atoms with Crippen molar-refractivity contribution in [2.24, 2.45) is 0 Å². The van der Waals surface area contributed by atoms with Crippen LogP contribution in [0.25, 0.3) is 0 Å². The van der Waals surface area contributed by atoms with Crippen LogP contribution in [0.5, 0.6) is 0 Å². The van der Waals surface area contributed by atoms with Crippen LogP contribution in [0, 0.1) is 0 Å². The second kappa shape index (κ2) is 4.17. The van der Waals surface area contributed by atoms with Crippen LogP contribution < -0.4 is 0 Å². The van der Waals surface area contributed by atoms with E-state index in [4.69, 9.17) is 9.47 Å². The third kappa shape index (κ3) is 2.07. The fraction of sp³-hybridized carbons (Fsp3) is 0.444. The van der Waals surface area contributed by atoms with E-state index >= 15 is 0 Å². The molecule has 0 amide bonds. The van der Waals surface area contributed by atoms with Gasteiger partial charge in [0.25, 0.3) is 0 Å². The van der Waals surface area contributed by atoms with Crippen LogP contribution in [0.1, 0.15) is 11.7 Å². The van der Waals surface area contributed by atoms with Crippen molar-refractivity contribution in [1.29, 1.82) is 0 Å². The average molecular weight is 244 g/mol.